The lowest BCUT2D eigenvalue weighted by atomic mass is 9.93. The molecule has 0 bridgehead atoms. The van der Waals surface area contributed by atoms with Crippen molar-refractivity contribution in [3.8, 4) is 5.75 Å². The number of hydrogen-bond acceptors (Lipinski definition) is 5. The third kappa shape index (κ3) is 3.77. The molecule has 2 rings (SSSR count). The van der Waals surface area contributed by atoms with E-state index in [1.165, 1.54) is 12.1 Å². The molecule has 2 aromatic carbocycles. The van der Waals surface area contributed by atoms with Crippen molar-refractivity contribution < 1.29 is 35.3 Å². The van der Waals surface area contributed by atoms with Gasteiger partial charge in [0.1, 0.15) is 0 Å². The van der Waals surface area contributed by atoms with Crippen LogP contribution in [0.3, 0.4) is 0 Å². The van der Waals surface area contributed by atoms with Crippen molar-refractivity contribution in [3.05, 3.63) is 41.0 Å². The Morgan fingerprint density at radius 1 is 1.08 bits per heavy atom. The second-order valence-corrected chi connectivity index (χ2v) is 7.11. The normalized spacial score (nSPS) is 12.2. The summed E-state index contributed by atoms with van der Waals surface area (Å²) in [7, 11) is -5.89. The summed E-state index contributed by atoms with van der Waals surface area (Å²) in [4.78, 5) is 11.9. The van der Waals surface area contributed by atoms with Gasteiger partial charge in [-0.2, -0.15) is 21.6 Å². The first-order valence-electron chi connectivity index (χ1n) is 7.66. The minimum absolute atomic E-state index is 0.0486. The number of carbonyl (C=O) groups is 1. The summed E-state index contributed by atoms with van der Waals surface area (Å²) in [5.41, 5.74) is -4.37. The van der Waals surface area contributed by atoms with Crippen molar-refractivity contribution in [1.82, 2.24) is 0 Å². The average molecular weight is 390 g/mol. The minimum Gasteiger partial charge on any atom is -0.466 e. The highest BCUT2D eigenvalue weighted by Crippen LogP contribution is 2.39. The highest BCUT2D eigenvalue weighted by molar-refractivity contribution is 7.88. The van der Waals surface area contributed by atoms with Gasteiger partial charge in [0.25, 0.3) is 0 Å². The number of benzene rings is 2. The quantitative estimate of drug-likeness (QED) is 0.441. The Morgan fingerprint density at radius 3 is 2.19 bits per heavy atom. The smallest absolute Gasteiger partial charge is 0.466 e. The van der Waals surface area contributed by atoms with Crippen molar-refractivity contribution in [2.75, 3.05) is 6.61 Å². The number of carbonyl (C=O) groups excluding carboxylic acids is 1. The van der Waals surface area contributed by atoms with E-state index in [4.69, 9.17) is 4.74 Å². The van der Waals surface area contributed by atoms with Gasteiger partial charge >= 0.3 is 21.6 Å². The SMILES string of the molecule is CCOC(=O)Cc1c(C)c(C)c2ccccc2c1OS(=O)(=O)C(F)(F)F. The van der Waals surface area contributed by atoms with Crippen LogP contribution in [0.1, 0.15) is 23.6 Å². The average Bonchev–Trinajstić information content (AvgIpc) is 2.55. The number of fused-ring (bicyclic) bond motifs is 1. The second-order valence-electron chi connectivity index (χ2n) is 5.57. The monoisotopic (exact) mass is 390 g/mol. The van der Waals surface area contributed by atoms with Crippen LogP contribution >= 0.6 is 0 Å². The molecule has 2 aromatic rings. The number of hydrogen-bond donors (Lipinski definition) is 0. The molecule has 0 saturated heterocycles. The van der Waals surface area contributed by atoms with E-state index in [9.17, 15) is 26.4 Å². The van der Waals surface area contributed by atoms with Gasteiger partial charge in [-0.1, -0.05) is 24.3 Å². The van der Waals surface area contributed by atoms with Crippen LogP contribution in [0.4, 0.5) is 13.2 Å². The third-order valence-electron chi connectivity index (χ3n) is 3.97. The predicted octanol–water partition coefficient (Wildman–Crippen LogP) is 3.79. The van der Waals surface area contributed by atoms with Gasteiger partial charge in [-0.15, -0.1) is 0 Å². The molecule has 9 heteroatoms. The van der Waals surface area contributed by atoms with Crippen LogP contribution in [0.25, 0.3) is 10.8 Å². The molecule has 0 radical (unpaired) electrons. The zero-order valence-corrected chi connectivity index (χ0v) is 15.1. The van der Waals surface area contributed by atoms with Gasteiger partial charge in [-0.3, -0.25) is 4.79 Å². The Labute approximate surface area is 148 Å². The number of ether oxygens (including phenoxy) is 1. The van der Waals surface area contributed by atoms with Crippen LogP contribution < -0.4 is 4.18 Å². The van der Waals surface area contributed by atoms with Gasteiger partial charge in [0, 0.05) is 10.9 Å². The largest absolute Gasteiger partial charge is 0.534 e. The van der Waals surface area contributed by atoms with E-state index in [1.54, 1.807) is 32.9 Å². The Hall–Kier alpha value is -2.29. The van der Waals surface area contributed by atoms with E-state index < -0.39 is 33.8 Å². The maximum absolute atomic E-state index is 12.8. The first-order valence-corrected chi connectivity index (χ1v) is 9.07. The molecular formula is C17H17F3O5S. The summed E-state index contributed by atoms with van der Waals surface area (Å²) >= 11 is 0. The van der Waals surface area contributed by atoms with E-state index in [0.717, 1.165) is 0 Å². The van der Waals surface area contributed by atoms with Gasteiger partial charge in [0.15, 0.2) is 5.75 Å². The molecule has 0 spiro atoms. The zero-order valence-electron chi connectivity index (χ0n) is 14.3. The van der Waals surface area contributed by atoms with Crippen molar-refractivity contribution in [3.63, 3.8) is 0 Å². The van der Waals surface area contributed by atoms with Gasteiger partial charge in [0.05, 0.1) is 13.0 Å². The lowest BCUT2D eigenvalue weighted by Gasteiger charge is -2.19. The molecule has 26 heavy (non-hydrogen) atoms. The standard InChI is InChI=1S/C17H17F3O5S/c1-4-24-15(21)9-14-11(3)10(2)12-7-5-6-8-13(12)16(14)25-26(22,23)17(18,19)20/h5-8H,4,9H2,1-3H3. The second kappa shape index (κ2) is 7.14. The first-order chi connectivity index (χ1) is 12.0. The van der Waals surface area contributed by atoms with E-state index in [-0.39, 0.29) is 17.6 Å². The van der Waals surface area contributed by atoms with Crippen LogP contribution in [0, 0.1) is 13.8 Å². The summed E-state index contributed by atoms with van der Waals surface area (Å²) in [6, 6.07) is 6.29. The number of alkyl halides is 3. The summed E-state index contributed by atoms with van der Waals surface area (Å²) in [6.07, 6.45) is -0.409. The Balaban J connectivity index is 2.75. The molecule has 0 aromatic heterocycles. The Kier molecular flexibility index (Phi) is 5.50. The number of rotatable bonds is 5. The Morgan fingerprint density at radius 2 is 1.65 bits per heavy atom. The van der Waals surface area contributed by atoms with Gasteiger partial charge < -0.3 is 8.92 Å². The van der Waals surface area contributed by atoms with Crippen molar-refractivity contribution >= 4 is 26.9 Å². The van der Waals surface area contributed by atoms with E-state index >= 15 is 0 Å². The summed E-state index contributed by atoms with van der Waals surface area (Å²) in [5.74, 6) is -1.20. The van der Waals surface area contributed by atoms with E-state index in [1.807, 2.05) is 0 Å². The fourth-order valence-corrected chi connectivity index (χ4v) is 3.09. The fourth-order valence-electron chi connectivity index (χ4n) is 2.59. The van der Waals surface area contributed by atoms with E-state index in [0.29, 0.717) is 16.5 Å². The highest BCUT2D eigenvalue weighted by atomic mass is 32.2. The molecule has 5 nitrogen and oxygen atoms in total. The van der Waals surface area contributed by atoms with Gasteiger partial charge in [-0.05, 0) is 37.3 Å². The first kappa shape index (κ1) is 20.0. The van der Waals surface area contributed by atoms with Crippen LogP contribution in [0.5, 0.6) is 5.75 Å². The van der Waals surface area contributed by atoms with Crippen molar-refractivity contribution in [2.45, 2.75) is 32.7 Å². The van der Waals surface area contributed by atoms with E-state index in [2.05, 4.69) is 4.18 Å². The van der Waals surface area contributed by atoms with Crippen LogP contribution in [-0.2, 0) is 26.1 Å². The molecular weight excluding hydrogens is 373 g/mol. The maximum atomic E-state index is 12.8. The fraction of sp³-hybridized carbons (Fsp3) is 0.353. The molecule has 0 atom stereocenters. The predicted molar refractivity (Wildman–Crippen MR) is 89.4 cm³/mol. The molecule has 0 saturated carbocycles. The van der Waals surface area contributed by atoms with Crippen molar-refractivity contribution in [2.24, 2.45) is 0 Å². The topological polar surface area (TPSA) is 69.7 Å². The summed E-state index contributed by atoms with van der Waals surface area (Å²) in [6.45, 7) is 4.99. The Bertz CT molecular complexity index is 949. The minimum atomic E-state index is -5.89. The number of halogens is 3. The molecule has 0 aliphatic rings. The highest BCUT2D eigenvalue weighted by Gasteiger charge is 2.49. The molecule has 0 unspecified atom stereocenters. The molecule has 0 aliphatic heterocycles. The van der Waals surface area contributed by atoms with Gasteiger partial charge in [-0.25, -0.2) is 0 Å². The molecule has 142 valence electrons. The van der Waals surface area contributed by atoms with Crippen LogP contribution in [0.15, 0.2) is 24.3 Å². The number of aryl methyl sites for hydroxylation is 1. The molecule has 0 N–H and O–H groups in total. The lowest BCUT2D eigenvalue weighted by Crippen LogP contribution is -2.28. The van der Waals surface area contributed by atoms with Gasteiger partial charge in [0.2, 0.25) is 0 Å². The number of esters is 1. The summed E-state index contributed by atoms with van der Waals surface area (Å²) in [5, 5.41) is 0.702. The molecule has 0 heterocycles. The summed E-state index contributed by atoms with van der Waals surface area (Å²) < 4.78 is 70.9. The molecule has 0 amide bonds. The van der Waals surface area contributed by atoms with Crippen molar-refractivity contribution in [1.29, 1.82) is 0 Å². The maximum Gasteiger partial charge on any atom is 0.534 e. The zero-order chi connectivity index (χ0) is 19.7. The lowest BCUT2D eigenvalue weighted by molar-refractivity contribution is -0.142. The third-order valence-corrected chi connectivity index (χ3v) is 4.92. The van der Waals surface area contributed by atoms with Crippen LogP contribution in [0.2, 0.25) is 0 Å². The molecule has 0 aliphatic carbocycles. The van der Waals surface area contributed by atoms with Crippen LogP contribution in [-0.4, -0.2) is 26.5 Å². The molecule has 0 fully saturated rings.